The Morgan fingerprint density at radius 1 is 1.10 bits per heavy atom. The maximum absolute atomic E-state index is 12.3. The Labute approximate surface area is 125 Å². The van der Waals surface area contributed by atoms with Gasteiger partial charge in [-0.25, -0.2) is 4.79 Å². The summed E-state index contributed by atoms with van der Waals surface area (Å²) in [6.45, 7) is 1.09. The van der Waals surface area contributed by atoms with Gasteiger partial charge in [-0.3, -0.25) is 4.79 Å². The maximum Gasteiger partial charge on any atom is 0.317 e. The van der Waals surface area contributed by atoms with Crippen LogP contribution in [0.25, 0.3) is 0 Å². The number of carboxylic acid groups (broad SMARTS) is 1. The van der Waals surface area contributed by atoms with Crippen molar-refractivity contribution in [1.29, 1.82) is 0 Å². The number of carbonyl (C=O) groups is 2. The zero-order chi connectivity index (χ0) is 15.2. The van der Waals surface area contributed by atoms with E-state index in [0.717, 1.165) is 38.5 Å². The van der Waals surface area contributed by atoms with Crippen LogP contribution in [0.1, 0.15) is 44.9 Å². The number of amides is 2. The largest absolute Gasteiger partial charge is 0.481 e. The molecule has 21 heavy (non-hydrogen) atoms. The van der Waals surface area contributed by atoms with Gasteiger partial charge in [0.25, 0.3) is 0 Å². The van der Waals surface area contributed by atoms with Crippen LogP contribution in [0.15, 0.2) is 0 Å². The van der Waals surface area contributed by atoms with Crippen LogP contribution in [0, 0.1) is 11.8 Å². The molecule has 3 unspecified atom stereocenters. The van der Waals surface area contributed by atoms with Gasteiger partial charge in [-0.15, -0.1) is 0 Å². The second kappa shape index (κ2) is 7.64. The van der Waals surface area contributed by atoms with Crippen LogP contribution in [-0.4, -0.2) is 52.9 Å². The average molecular weight is 298 g/mol. The summed E-state index contributed by atoms with van der Waals surface area (Å²) in [5, 5.41) is 21.5. The van der Waals surface area contributed by atoms with Crippen LogP contribution in [-0.2, 0) is 4.79 Å². The highest BCUT2D eigenvalue weighted by Crippen LogP contribution is 2.31. The molecule has 0 spiro atoms. The van der Waals surface area contributed by atoms with Gasteiger partial charge >= 0.3 is 12.0 Å². The molecule has 6 nitrogen and oxygen atoms in total. The van der Waals surface area contributed by atoms with Crippen molar-refractivity contribution in [3.63, 3.8) is 0 Å². The Balaban J connectivity index is 1.86. The van der Waals surface area contributed by atoms with Crippen LogP contribution in [0.4, 0.5) is 4.79 Å². The fourth-order valence-corrected chi connectivity index (χ4v) is 3.56. The van der Waals surface area contributed by atoms with E-state index in [1.807, 2.05) is 0 Å². The molecule has 2 rings (SSSR count). The number of nitrogens with zero attached hydrogens (tertiary/aromatic N) is 1. The van der Waals surface area contributed by atoms with E-state index in [4.69, 9.17) is 5.11 Å². The predicted molar refractivity (Wildman–Crippen MR) is 77.9 cm³/mol. The van der Waals surface area contributed by atoms with Gasteiger partial charge in [0.05, 0.1) is 18.6 Å². The monoisotopic (exact) mass is 298 g/mol. The van der Waals surface area contributed by atoms with Gasteiger partial charge < -0.3 is 20.4 Å². The third-order valence-corrected chi connectivity index (χ3v) is 4.84. The van der Waals surface area contributed by atoms with Gasteiger partial charge in [0, 0.05) is 13.1 Å². The number of aliphatic carboxylic acids is 1. The summed E-state index contributed by atoms with van der Waals surface area (Å²) in [7, 11) is 0. The van der Waals surface area contributed by atoms with Gasteiger partial charge in [0.15, 0.2) is 0 Å². The number of carbonyl (C=O) groups excluding carboxylic acids is 1. The Bertz CT molecular complexity index is 375. The molecule has 0 aromatic rings. The van der Waals surface area contributed by atoms with Crippen molar-refractivity contribution in [3.8, 4) is 0 Å². The minimum Gasteiger partial charge on any atom is -0.481 e. The van der Waals surface area contributed by atoms with E-state index in [9.17, 15) is 14.7 Å². The van der Waals surface area contributed by atoms with Crippen molar-refractivity contribution in [2.75, 3.05) is 19.7 Å². The Morgan fingerprint density at radius 3 is 2.62 bits per heavy atom. The number of hydrogen-bond acceptors (Lipinski definition) is 3. The number of likely N-dealkylation sites (tertiary alicyclic amines) is 1. The van der Waals surface area contributed by atoms with Crippen molar-refractivity contribution < 1.29 is 19.8 Å². The smallest absolute Gasteiger partial charge is 0.317 e. The summed E-state index contributed by atoms with van der Waals surface area (Å²) in [5.74, 6) is -1.05. The SMILES string of the molecule is O=C(O)C1CCCC1CNC(=O)N1CCCCCC1CO. The van der Waals surface area contributed by atoms with E-state index in [0.29, 0.717) is 19.5 Å². The third-order valence-electron chi connectivity index (χ3n) is 4.84. The van der Waals surface area contributed by atoms with E-state index >= 15 is 0 Å². The molecule has 120 valence electrons. The van der Waals surface area contributed by atoms with Crippen molar-refractivity contribution in [2.24, 2.45) is 11.8 Å². The van der Waals surface area contributed by atoms with E-state index in [-0.39, 0.29) is 30.5 Å². The first-order chi connectivity index (χ1) is 10.1. The lowest BCUT2D eigenvalue weighted by molar-refractivity contribution is -0.142. The number of aliphatic hydroxyl groups is 1. The van der Waals surface area contributed by atoms with Crippen molar-refractivity contribution in [2.45, 2.75) is 51.0 Å². The fourth-order valence-electron chi connectivity index (χ4n) is 3.56. The molecule has 1 aliphatic carbocycles. The summed E-state index contributed by atoms with van der Waals surface area (Å²) in [6, 6.07) is -0.265. The number of rotatable bonds is 4. The lowest BCUT2D eigenvalue weighted by Crippen LogP contribution is -2.48. The van der Waals surface area contributed by atoms with Gasteiger partial charge in [-0.05, 0) is 31.6 Å². The van der Waals surface area contributed by atoms with Crippen LogP contribution < -0.4 is 5.32 Å². The van der Waals surface area contributed by atoms with Crippen molar-refractivity contribution in [1.82, 2.24) is 10.2 Å². The minimum atomic E-state index is -0.755. The zero-order valence-corrected chi connectivity index (χ0v) is 12.5. The number of urea groups is 1. The lowest BCUT2D eigenvalue weighted by Gasteiger charge is -2.29. The molecule has 2 aliphatic rings. The van der Waals surface area contributed by atoms with E-state index in [2.05, 4.69) is 5.32 Å². The zero-order valence-electron chi connectivity index (χ0n) is 12.5. The molecular formula is C15H26N2O4. The second-order valence-corrected chi connectivity index (χ2v) is 6.20. The Morgan fingerprint density at radius 2 is 1.90 bits per heavy atom. The molecule has 1 saturated carbocycles. The minimum absolute atomic E-state index is 0.00536. The first-order valence-electron chi connectivity index (χ1n) is 8.01. The summed E-state index contributed by atoms with van der Waals surface area (Å²) in [6.07, 6.45) is 6.42. The number of carboxylic acids is 1. The number of hydrogen-bond donors (Lipinski definition) is 3. The quantitative estimate of drug-likeness (QED) is 0.732. The van der Waals surface area contributed by atoms with E-state index in [1.165, 1.54) is 0 Å². The summed E-state index contributed by atoms with van der Waals surface area (Å²) in [5.41, 5.74) is 0. The van der Waals surface area contributed by atoms with E-state index in [1.54, 1.807) is 4.90 Å². The molecule has 2 fully saturated rings. The highest BCUT2D eigenvalue weighted by atomic mass is 16.4. The summed E-state index contributed by atoms with van der Waals surface area (Å²) < 4.78 is 0. The van der Waals surface area contributed by atoms with Crippen LogP contribution in [0.3, 0.4) is 0 Å². The highest BCUT2D eigenvalue weighted by Gasteiger charge is 2.33. The van der Waals surface area contributed by atoms with Crippen molar-refractivity contribution >= 4 is 12.0 Å². The lowest BCUT2D eigenvalue weighted by atomic mass is 9.96. The van der Waals surface area contributed by atoms with Gasteiger partial charge in [0.2, 0.25) is 0 Å². The molecular weight excluding hydrogens is 272 g/mol. The molecule has 3 N–H and O–H groups in total. The first-order valence-corrected chi connectivity index (χ1v) is 8.01. The molecule has 1 heterocycles. The predicted octanol–water partition coefficient (Wildman–Crippen LogP) is 1.43. The van der Waals surface area contributed by atoms with Gasteiger partial charge in [-0.1, -0.05) is 19.3 Å². The van der Waals surface area contributed by atoms with Gasteiger partial charge in [0.1, 0.15) is 0 Å². The molecule has 1 aliphatic heterocycles. The maximum atomic E-state index is 12.3. The molecule has 0 bridgehead atoms. The molecule has 0 radical (unpaired) electrons. The standard InChI is InChI=1S/C15H26N2O4/c18-10-12-6-2-1-3-8-17(12)15(21)16-9-11-5-4-7-13(11)14(19)20/h11-13,18H,1-10H2,(H,16,21)(H,19,20). The summed E-state index contributed by atoms with van der Waals surface area (Å²) >= 11 is 0. The van der Waals surface area contributed by atoms with Crippen molar-refractivity contribution in [3.05, 3.63) is 0 Å². The highest BCUT2D eigenvalue weighted by molar-refractivity contribution is 5.75. The van der Waals surface area contributed by atoms with Crippen LogP contribution in [0.2, 0.25) is 0 Å². The number of aliphatic hydroxyl groups excluding tert-OH is 1. The first kappa shape index (κ1) is 16.1. The molecule has 6 heteroatoms. The Kier molecular flexibility index (Phi) is 5.85. The molecule has 0 aromatic carbocycles. The Hall–Kier alpha value is -1.30. The van der Waals surface area contributed by atoms with Crippen LogP contribution in [0.5, 0.6) is 0 Å². The number of nitrogens with one attached hydrogen (secondary N) is 1. The second-order valence-electron chi connectivity index (χ2n) is 6.20. The topological polar surface area (TPSA) is 89.9 Å². The van der Waals surface area contributed by atoms with Crippen LogP contribution >= 0.6 is 0 Å². The normalized spacial score (nSPS) is 30.0. The average Bonchev–Trinajstić information content (AvgIpc) is 2.81. The summed E-state index contributed by atoms with van der Waals surface area (Å²) in [4.78, 5) is 25.2. The van der Waals surface area contributed by atoms with E-state index < -0.39 is 5.97 Å². The molecule has 3 atom stereocenters. The third kappa shape index (κ3) is 4.09. The molecule has 2 amide bonds. The molecule has 1 saturated heterocycles. The van der Waals surface area contributed by atoms with Gasteiger partial charge in [-0.2, -0.15) is 0 Å². The fraction of sp³-hybridized carbons (Fsp3) is 0.867. The molecule has 0 aromatic heterocycles.